The van der Waals surface area contributed by atoms with Crippen LogP contribution in [0.2, 0.25) is 0 Å². The summed E-state index contributed by atoms with van der Waals surface area (Å²) in [7, 11) is -1.03. The maximum absolute atomic E-state index is 11.0. The summed E-state index contributed by atoms with van der Waals surface area (Å²) < 4.78 is 33.1. The lowest BCUT2D eigenvalue weighted by Gasteiger charge is -2.22. The molecular formula is C18H32IN3O4S. The number of nitrogens with one attached hydrogen (secondary N) is 1. The molecule has 0 aliphatic carbocycles. The van der Waals surface area contributed by atoms with E-state index in [1.165, 1.54) is 11.8 Å². The minimum atomic E-state index is -2.98. The Labute approximate surface area is 180 Å². The zero-order chi connectivity index (χ0) is 19.4. The van der Waals surface area contributed by atoms with E-state index in [0.29, 0.717) is 26.3 Å². The summed E-state index contributed by atoms with van der Waals surface area (Å²) in [6.07, 6.45) is 1.20. The molecule has 0 aliphatic heterocycles. The summed E-state index contributed by atoms with van der Waals surface area (Å²) in [4.78, 5) is 6.48. The van der Waals surface area contributed by atoms with Crippen molar-refractivity contribution in [2.24, 2.45) is 4.99 Å². The molecule has 0 aliphatic rings. The summed E-state index contributed by atoms with van der Waals surface area (Å²) in [6, 6.07) is 7.97. The van der Waals surface area contributed by atoms with Gasteiger partial charge in [0.25, 0.3) is 0 Å². The van der Waals surface area contributed by atoms with Crippen molar-refractivity contribution in [2.45, 2.75) is 13.8 Å². The van der Waals surface area contributed by atoms with Gasteiger partial charge in [0, 0.05) is 19.8 Å². The van der Waals surface area contributed by atoms with Crippen molar-refractivity contribution in [3.63, 3.8) is 0 Å². The van der Waals surface area contributed by atoms with Crippen molar-refractivity contribution in [2.75, 3.05) is 58.5 Å². The van der Waals surface area contributed by atoms with E-state index in [0.717, 1.165) is 18.3 Å². The fourth-order valence-electron chi connectivity index (χ4n) is 2.04. The van der Waals surface area contributed by atoms with Gasteiger partial charge in [0.05, 0.1) is 32.1 Å². The molecule has 0 saturated heterocycles. The van der Waals surface area contributed by atoms with Gasteiger partial charge in [-0.3, -0.25) is 4.99 Å². The first-order valence-corrected chi connectivity index (χ1v) is 10.8. The summed E-state index contributed by atoms with van der Waals surface area (Å²) >= 11 is 0. The van der Waals surface area contributed by atoms with Crippen LogP contribution in [0.3, 0.4) is 0 Å². The highest BCUT2D eigenvalue weighted by Gasteiger charge is 2.06. The van der Waals surface area contributed by atoms with E-state index in [1.54, 1.807) is 0 Å². The van der Waals surface area contributed by atoms with Gasteiger partial charge in [0.2, 0.25) is 0 Å². The monoisotopic (exact) mass is 513 g/mol. The Morgan fingerprint density at radius 1 is 1.19 bits per heavy atom. The summed E-state index contributed by atoms with van der Waals surface area (Å²) in [5.74, 6) is 1.66. The maximum atomic E-state index is 11.0. The van der Waals surface area contributed by atoms with Gasteiger partial charge < -0.3 is 19.7 Å². The van der Waals surface area contributed by atoms with E-state index < -0.39 is 9.84 Å². The van der Waals surface area contributed by atoms with Crippen LogP contribution in [0.15, 0.2) is 29.3 Å². The SMILES string of the molecule is CCNC(=NCCOCCS(C)(=O)=O)N(C)CCOc1ccc(C)cc1.I. The Morgan fingerprint density at radius 2 is 1.85 bits per heavy atom. The minimum Gasteiger partial charge on any atom is -0.492 e. The molecular weight excluding hydrogens is 481 g/mol. The van der Waals surface area contributed by atoms with E-state index in [2.05, 4.69) is 10.3 Å². The van der Waals surface area contributed by atoms with Crippen LogP contribution in [0.4, 0.5) is 0 Å². The van der Waals surface area contributed by atoms with E-state index in [-0.39, 0.29) is 36.3 Å². The van der Waals surface area contributed by atoms with Gasteiger partial charge in [-0.25, -0.2) is 8.42 Å². The normalized spacial score (nSPS) is 11.6. The van der Waals surface area contributed by atoms with Gasteiger partial charge in [-0.1, -0.05) is 17.7 Å². The average molecular weight is 513 g/mol. The van der Waals surface area contributed by atoms with E-state index >= 15 is 0 Å². The molecule has 1 aromatic carbocycles. The van der Waals surface area contributed by atoms with Crippen molar-refractivity contribution < 1.29 is 17.9 Å². The largest absolute Gasteiger partial charge is 0.492 e. The maximum Gasteiger partial charge on any atom is 0.193 e. The predicted molar refractivity (Wildman–Crippen MR) is 121 cm³/mol. The molecule has 0 amide bonds. The third-order valence-corrected chi connectivity index (χ3v) is 4.42. The predicted octanol–water partition coefficient (Wildman–Crippen LogP) is 1.95. The molecule has 0 fully saturated rings. The Bertz CT molecular complexity index is 651. The van der Waals surface area contributed by atoms with Crippen LogP contribution in [0, 0.1) is 6.92 Å². The zero-order valence-electron chi connectivity index (χ0n) is 16.6. The molecule has 0 heterocycles. The van der Waals surface area contributed by atoms with Gasteiger partial charge in [-0.2, -0.15) is 0 Å². The van der Waals surface area contributed by atoms with Crippen LogP contribution < -0.4 is 10.1 Å². The van der Waals surface area contributed by atoms with Crippen molar-refractivity contribution in [3.05, 3.63) is 29.8 Å². The average Bonchev–Trinajstić information content (AvgIpc) is 2.57. The second-order valence-electron chi connectivity index (χ2n) is 6.06. The number of guanidine groups is 1. The van der Waals surface area contributed by atoms with Crippen molar-refractivity contribution in [1.82, 2.24) is 10.2 Å². The van der Waals surface area contributed by atoms with Gasteiger partial charge in [-0.15, -0.1) is 24.0 Å². The first kappa shape index (κ1) is 25.9. The molecule has 27 heavy (non-hydrogen) atoms. The molecule has 1 N–H and O–H groups in total. The Hall–Kier alpha value is -1.07. The number of likely N-dealkylation sites (N-methyl/N-ethyl adjacent to an activating group) is 1. The Kier molecular flexibility index (Phi) is 13.4. The van der Waals surface area contributed by atoms with Crippen LogP contribution in [0.5, 0.6) is 5.75 Å². The second kappa shape index (κ2) is 14.0. The summed E-state index contributed by atoms with van der Waals surface area (Å²) in [5, 5.41) is 3.22. The first-order chi connectivity index (χ1) is 12.3. The molecule has 0 atom stereocenters. The lowest BCUT2D eigenvalue weighted by molar-refractivity contribution is 0.157. The van der Waals surface area contributed by atoms with Crippen LogP contribution in [0.1, 0.15) is 12.5 Å². The second-order valence-corrected chi connectivity index (χ2v) is 8.32. The highest BCUT2D eigenvalue weighted by atomic mass is 127. The standard InChI is InChI=1S/C18H31N3O4S.HI/c1-5-19-18(20-10-12-24-14-15-26(4,22)23)21(3)11-13-25-17-8-6-16(2)7-9-17;/h6-9H,5,10-15H2,1-4H3,(H,19,20);1H. The Balaban J connectivity index is 0.00000676. The van der Waals surface area contributed by atoms with Crippen molar-refractivity contribution >= 4 is 39.8 Å². The number of benzene rings is 1. The molecule has 7 nitrogen and oxygen atoms in total. The fourth-order valence-corrected chi connectivity index (χ4v) is 2.46. The molecule has 0 radical (unpaired) electrons. The van der Waals surface area contributed by atoms with Crippen LogP contribution in [-0.2, 0) is 14.6 Å². The van der Waals surface area contributed by atoms with Gasteiger partial charge in [0.1, 0.15) is 22.2 Å². The third-order valence-electron chi connectivity index (χ3n) is 3.51. The number of hydrogen-bond acceptors (Lipinski definition) is 5. The van der Waals surface area contributed by atoms with Crippen molar-refractivity contribution in [1.29, 1.82) is 0 Å². The number of rotatable bonds is 11. The molecule has 1 aromatic rings. The number of halogens is 1. The molecule has 9 heteroatoms. The summed E-state index contributed by atoms with van der Waals surface area (Å²) in [5.41, 5.74) is 1.20. The molecule has 0 unspecified atom stereocenters. The molecule has 0 saturated carbocycles. The highest BCUT2D eigenvalue weighted by Crippen LogP contribution is 2.11. The summed E-state index contributed by atoms with van der Waals surface area (Å²) in [6.45, 7) is 7.11. The topological polar surface area (TPSA) is 80.2 Å². The molecule has 0 spiro atoms. The number of nitrogens with zero attached hydrogens (tertiary/aromatic N) is 2. The van der Waals surface area contributed by atoms with Crippen LogP contribution in [0.25, 0.3) is 0 Å². The Morgan fingerprint density at radius 3 is 2.44 bits per heavy atom. The molecule has 0 aromatic heterocycles. The first-order valence-electron chi connectivity index (χ1n) is 8.76. The number of sulfone groups is 1. The highest BCUT2D eigenvalue weighted by molar-refractivity contribution is 14.0. The van der Waals surface area contributed by atoms with Gasteiger partial charge in [0.15, 0.2) is 5.96 Å². The lowest BCUT2D eigenvalue weighted by atomic mass is 10.2. The van der Waals surface area contributed by atoms with E-state index in [1.807, 2.05) is 50.1 Å². The van der Waals surface area contributed by atoms with E-state index in [9.17, 15) is 8.42 Å². The molecule has 156 valence electrons. The van der Waals surface area contributed by atoms with Gasteiger partial charge >= 0.3 is 0 Å². The third kappa shape index (κ3) is 12.9. The quantitative estimate of drug-likeness (QED) is 0.211. The lowest BCUT2D eigenvalue weighted by Crippen LogP contribution is -2.41. The number of hydrogen-bond donors (Lipinski definition) is 1. The molecule has 1 rings (SSSR count). The number of ether oxygens (including phenoxy) is 2. The van der Waals surface area contributed by atoms with Crippen LogP contribution in [-0.4, -0.2) is 77.8 Å². The fraction of sp³-hybridized carbons (Fsp3) is 0.611. The zero-order valence-corrected chi connectivity index (χ0v) is 19.7. The molecule has 0 bridgehead atoms. The smallest absolute Gasteiger partial charge is 0.193 e. The van der Waals surface area contributed by atoms with Gasteiger partial charge in [-0.05, 0) is 26.0 Å². The minimum absolute atomic E-state index is 0. The van der Waals surface area contributed by atoms with Crippen LogP contribution >= 0.6 is 24.0 Å². The van der Waals surface area contributed by atoms with Crippen molar-refractivity contribution in [3.8, 4) is 5.75 Å². The number of aliphatic imine (C=N–C) groups is 1. The number of aryl methyl sites for hydroxylation is 1. The van der Waals surface area contributed by atoms with E-state index in [4.69, 9.17) is 9.47 Å².